The van der Waals surface area contributed by atoms with Gasteiger partial charge in [-0.15, -0.1) is 5.10 Å². The molecule has 1 aliphatic heterocycles. The van der Waals surface area contributed by atoms with Gasteiger partial charge >= 0.3 is 0 Å². The van der Waals surface area contributed by atoms with Crippen LogP contribution in [0.5, 0.6) is 5.75 Å². The van der Waals surface area contributed by atoms with Crippen LogP contribution >= 0.6 is 11.8 Å². The normalized spacial score (nSPS) is 16.5. The third-order valence-electron chi connectivity index (χ3n) is 4.46. The third kappa shape index (κ3) is 4.76. The van der Waals surface area contributed by atoms with E-state index < -0.39 is 4.92 Å². The lowest BCUT2D eigenvalue weighted by Crippen LogP contribution is -2.28. The van der Waals surface area contributed by atoms with E-state index in [1.165, 1.54) is 35.6 Å². The van der Waals surface area contributed by atoms with E-state index in [9.17, 15) is 20.0 Å². The maximum atomic E-state index is 13.0. The number of non-ortho nitro benzene ring substituents is 1. The summed E-state index contributed by atoms with van der Waals surface area (Å²) in [6.45, 7) is 0.168. The molecule has 32 heavy (non-hydrogen) atoms. The van der Waals surface area contributed by atoms with Gasteiger partial charge in [-0.25, -0.2) is 0 Å². The number of nitro benzene ring substituents is 1. The Morgan fingerprint density at radius 2 is 1.91 bits per heavy atom. The van der Waals surface area contributed by atoms with Crippen LogP contribution in [0.25, 0.3) is 6.08 Å². The molecule has 160 valence electrons. The van der Waals surface area contributed by atoms with Crippen LogP contribution in [0.3, 0.4) is 0 Å². The first kappa shape index (κ1) is 21.1. The van der Waals surface area contributed by atoms with Crippen LogP contribution in [0, 0.1) is 10.1 Å². The minimum absolute atomic E-state index is 0.0299. The average molecular weight is 448 g/mol. The average Bonchev–Trinajstić information content (AvgIpc) is 3.40. The highest BCUT2D eigenvalue weighted by Crippen LogP contribution is 2.34. The highest BCUT2D eigenvalue weighted by molar-refractivity contribution is 8.18. The lowest BCUT2D eigenvalue weighted by molar-refractivity contribution is -0.384. The lowest BCUT2D eigenvalue weighted by atomic mass is 10.2. The summed E-state index contributed by atoms with van der Waals surface area (Å²) in [5.74, 6) is 0.354. The zero-order chi connectivity index (χ0) is 22.5. The van der Waals surface area contributed by atoms with E-state index in [0.29, 0.717) is 27.0 Å². The number of amidine groups is 1. The standard InChI is InChI=1S/C22H16N4O5S/c27-19-6-2-1-4-16(19)13-23-24-22-25(14-18-5-3-11-31-18)21(28)20(32-22)12-15-7-9-17(10-8-15)26(29)30/h1-13,27H,14H2/b20-12-,23-13+,24-22-. The number of phenols is 1. The predicted octanol–water partition coefficient (Wildman–Crippen LogP) is 4.40. The van der Waals surface area contributed by atoms with Gasteiger partial charge in [0.25, 0.3) is 11.6 Å². The van der Waals surface area contributed by atoms with Crippen molar-refractivity contribution < 1.29 is 19.2 Å². The molecule has 2 aromatic carbocycles. The van der Waals surface area contributed by atoms with Crippen molar-refractivity contribution in [3.63, 3.8) is 0 Å². The number of carbonyl (C=O) groups is 1. The molecule has 0 aliphatic carbocycles. The molecule has 0 bridgehead atoms. The molecule has 4 rings (SSSR count). The molecule has 0 unspecified atom stereocenters. The lowest BCUT2D eigenvalue weighted by Gasteiger charge is -2.12. The molecule has 1 N–H and O–H groups in total. The van der Waals surface area contributed by atoms with Crippen LogP contribution in [0.15, 0.2) is 86.5 Å². The van der Waals surface area contributed by atoms with Gasteiger partial charge in [0.15, 0.2) is 5.17 Å². The number of hydrogen-bond acceptors (Lipinski definition) is 8. The number of carbonyl (C=O) groups excluding carboxylic acids is 1. The second kappa shape index (κ2) is 9.31. The second-order valence-corrected chi connectivity index (χ2v) is 7.63. The van der Waals surface area contributed by atoms with Crippen molar-refractivity contribution in [2.75, 3.05) is 0 Å². The third-order valence-corrected chi connectivity index (χ3v) is 5.46. The summed E-state index contributed by atoms with van der Waals surface area (Å²) in [5.41, 5.74) is 1.10. The van der Waals surface area contributed by atoms with E-state index in [1.54, 1.807) is 48.5 Å². The quantitative estimate of drug-likeness (QED) is 0.258. The fourth-order valence-electron chi connectivity index (χ4n) is 2.86. The Morgan fingerprint density at radius 1 is 1.12 bits per heavy atom. The smallest absolute Gasteiger partial charge is 0.269 e. The van der Waals surface area contributed by atoms with Crippen molar-refractivity contribution in [1.82, 2.24) is 4.90 Å². The molecule has 2 heterocycles. The van der Waals surface area contributed by atoms with Gasteiger partial charge in [-0.3, -0.25) is 19.8 Å². The van der Waals surface area contributed by atoms with Crippen LogP contribution in [0.2, 0.25) is 0 Å². The maximum absolute atomic E-state index is 13.0. The number of hydrogen-bond donors (Lipinski definition) is 1. The first-order valence-electron chi connectivity index (χ1n) is 9.38. The minimum Gasteiger partial charge on any atom is -0.507 e. The molecular weight excluding hydrogens is 432 g/mol. The van der Waals surface area contributed by atoms with Gasteiger partial charge in [-0.1, -0.05) is 12.1 Å². The zero-order valence-corrected chi connectivity index (χ0v) is 17.3. The van der Waals surface area contributed by atoms with Gasteiger partial charge in [0.2, 0.25) is 0 Å². The van der Waals surface area contributed by atoms with E-state index in [1.807, 2.05) is 0 Å². The van der Waals surface area contributed by atoms with Crippen LogP contribution in [0.1, 0.15) is 16.9 Å². The summed E-state index contributed by atoms with van der Waals surface area (Å²) in [5, 5.41) is 29.2. The number of amides is 1. The Hall–Kier alpha value is -4.18. The highest BCUT2D eigenvalue weighted by Gasteiger charge is 2.34. The summed E-state index contributed by atoms with van der Waals surface area (Å²) in [4.78, 5) is 25.2. The number of nitrogens with zero attached hydrogens (tertiary/aromatic N) is 4. The number of phenolic OH excluding ortho intramolecular Hbond substituents is 1. The molecule has 0 atom stereocenters. The monoisotopic (exact) mass is 448 g/mol. The minimum atomic E-state index is -0.481. The fourth-order valence-corrected chi connectivity index (χ4v) is 3.80. The van der Waals surface area contributed by atoms with Gasteiger partial charge in [0, 0.05) is 17.7 Å². The van der Waals surface area contributed by atoms with Gasteiger partial charge in [0.05, 0.1) is 28.9 Å². The molecule has 9 nitrogen and oxygen atoms in total. The van der Waals surface area contributed by atoms with E-state index in [-0.39, 0.29) is 23.9 Å². The fraction of sp³-hybridized carbons (Fsp3) is 0.0455. The zero-order valence-electron chi connectivity index (χ0n) is 16.5. The number of aromatic hydroxyl groups is 1. The number of furan rings is 1. The number of nitro groups is 1. The Morgan fingerprint density at radius 3 is 2.59 bits per heavy atom. The molecule has 1 saturated heterocycles. The van der Waals surface area contributed by atoms with E-state index in [4.69, 9.17) is 4.42 Å². The number of para-hydroxylation sites is 1. The van der Waals surface area contributed by atoms with Gasteiger partial charge in [0.1, 0.15) is 11.5 Å². The first-order chi connectivity index (χ1) is 15.5. The van der Waals surface area contributed by atoms with Crippen molar-refractivity contribution in [3.8, 4) is 5.75 Å². The number of rotatable bonds is 6. The maximum Gasteiger partial charge on any atom is 0.269 e. The summed E-state index contributed by atoms with van der Waals surface area (Å²) in [6, 6.07) is 16.1. The van der Waals surface area contributed by atoms with E-state index >= 15 is 0 Å². The summed E-state index contributed by atoms with van der Waals surface area (Å²) in [6.07, 6.45) is 4.56. The second-order valence-electron chi connectivity index (χ2n) is 6.62. The first-order valence-corrected chi connectivity index (χ1v) is 10.2. The number of benzene rings is 2. The molecule has 1 aliphatic rings. The van der Waals surface area contributed by atoms with Gasteiger partial charge < -0.3 is 9.52 Å². The number of thioether (sulfide) groups is 1. The molecule has 1 aromatic heterocycles. The Labute approximate surface area is 186 Å². The summed E-state index contributed by atoms with van der Waals surface area (Å²) >= 11 is 1.13. The van der Waals surface area contributed by atoms with Crippen molar-refractivity contribution in [3.05, 3.63) is 98.8 Å². The molecule has 1 fully saturated rings. The van der Waals surface area contributed by atoms with Crippen molar-refractivity contribution >= 4 is 40.8 Å². The van der Waals surface area contributed by atoms with E-state index in [2.05, 4.69) is 10.2 Å². The summed E-state index contributed by atoms with van der Waals surface area (Å²) < 4.78 is 5.36. The largest absolute Gasteiger partial charge is 0.507 e. The van der Waals surface area contributed by atoms with E-state index in [0.717, 1.165) is 11.8 Å². The molecule has 0 spiro atoms. The molecule has 10 heteroatoms. The van der Waals surface area contributed by atoms with Crippen molar-refractivity contribution in [2.24, 2.45) is 10.2 Å². The predicted molar refractivity (Wildman–Crippen MR) is 121 cm³/mol. The highest BCUT2D eigenvalue weighted by atomic mass is 32.2. The van der Waals surface area contributed by atoms with Crippen molar-refractivity contribution in [1.29, 1.82) is 0 Å². The summed E-state index contributed by atoms with van der Waals surface area (Å²) in [7, 11) is 0. The van der Waals surface area contributed by atoms with Crippen LogP contribution < -0.4 is 0 Å². The Balaban J connectivity index is 1.62. The molecule has 0 saturated carbocycles. The molecule has 0 radical (unpaired) electrons. The Kier molecular flexibility index (Phi) is 6.13. The molecule has 3 aromatic rings. The molecular formula is C22H16N4O5S. The van der Waals surface area contributed by atoms with Gasteiger partial charge in [-0.05, 0) is 59.8 Å². The van der Waals surface area contributed by atoms with Gasteiger partial charge in [-0.2, -0.15) is 5.10 Å². The van der Waals surface area contributed by atoms with Crippen molar-refractivity contribution in [2.45, 2.75) is 6.54 Å². The Bertz CT molecular complexity index is 1230. The molecule has 1 amide bonds. The van der Waals surface area contributed by atoms with Crippen LogP contribution in [-0.2, 0) is 11.3 Å². The SMILES string of the molecule is O=C1/C(=C/c2ccc([N+](=O)[O-])cc2)S/C(=N\N=C\c2ccccc2O)N1Cc1ccco1. The van der Waals surface area contributed by atoms with Crippen LogP contribution in [-0.4, -0.2) is 32.2 Å². The van der Waals surface area contributed by atoms with Crippen LogP contribution in [0.4, 0.5) is 5.69 Å². The topological polar surface area (TPSA) is 122 Å².